The Hall–Kier alpha value is -4.44. The largest absolute Gasteiger partial charge is 0.373 e. The van der Waals surface area contributed by atoms with Gasteiger partial charge in [0.05, 0.1) is 22.9 Å². The maximum Gasteiger partial charge on any atom is 0.268 e. The lowest BCUT2D eigenvalue weighted by molar-refractivity contribution is -0.116. The Morgan fingerprint density at radius 2 is 1.97 bits per heavy atom. The molecule has 10 nitrogen and oxygen atoms in total. The molecule has 0 saturated heterocycles. The number of hydrogen-bond donors (Lipinski definition) is 3. The first-order valence-electron chi connectivity index (χ1n) is 12.2. The van der Waals surface area contributed by atoms with Gasteiger partial charge < -0.3 is 29.9 Å². The lowest BCUT2D eigenvalue weighted by Gasteiger charge is -2.13. The van der Waals surface area contributed by atoms with Crippen LogP contribution in [0.15, 0.2) is 67.3 Å². The van der Waals surface area contributed by atoms with E-state index in [1.54, 1.807) is 0 Å². The molecule has 190 valence electrons. The molecule has 2 amide bonds. The number of hydrogen-bond acceptors (Lipinski definition) is 5. The van der Waals surface area contributed by atoms with Crippen LogP contribution >= 0.6 is 0 Å². The SMILES string of the molecule is Cn1c(CCC(=O)Nc2ccc3ccn(CCCC(O)n4cnc(C(N)=O)c4)c3c2)nc2ccccc21. The topological polar surface area (TPSA) is 133 Å². The number of aryl methyl sites for hydroxylation is 3. The van der Waals surface area contributed by atoms with E-state index in [-0.39, 0.29) is 11.6 Å². The molecular weight excluding hydrogens is 470 g/mol. The van der Waals surface area contributed by atoms with E-state index in [1.165, 1.54) is 17.1 Å². The predicted octanol–water partition coefficient (Wildman–Crippen LogP) is 3.37. The predicted molar refractivity (Wildman–Crippen MR) is 141 cm³/mol. The van der Waals surface area contributed by atoms with Crippen molar-refractivity contribution >= 4 is 39.4 Å². The summed E-state index contributed by atoms with van der Waals surface area (Å²) in [7, 11) is 1.97. The number of nitrogens with one attached hydrogen (secondary N) is 1. The van der Waals surface area contributed by atoms with Gasteiger partial charge in [-0.25, -0.2) is 9.97 Å². The highest BCUT2D eigenvalue weighted by Gasteiger charge is 2.13. The lowest BCUT2D eigenvalue weighted by atomic mass is 10.2. The molecule has 0 bridgehead atoms. The smallest absolute Gasteiger partial charge is 0.268 e. The number of fused-ring (bicyclic) bond motifs is 2. The van der Waals surface area contributed by atoms with Crippen molar-refractivity contribution in [2.45, 2.75) is 38.5 Å². The first-order valence-corrected chi connectivity index (χ1v) is 12.2. The number of imidazole rings is 2. The van der Waals surface area contributed by atoms with Gasteiger partial charge in [-0.3, -0.25) is 9.59 Å². The molecule has 10 heteroatoms. The zero-order chi connectivity index (χ0) is 25.9. The van der Waals surface area contributed by atoms with Gasteiger partial charge in [0.2, 0.25) is 5.91 Å². The van der Waals surface area contributed by atoms with Gasteiger partial charge in [0.25, 0.3) is 5.91 Å². The molecule has 0 aliphatic rings. The lowest BCUT2D eigenvalue weighted by Crippen LogP contribution is -2.13. The van der Waals surface area contributed by atoms with Crippen LogP contribution in [-0.4, -0.2) is 40.6 Å². The van der Waals surface area contributed by atoms with Gasteiger partial charge in [0.1, 0.15) is 17.7 Å². The van der Waals surface area contributed by atoms with Crippen LogP contribution in [0.5, 0.6) is 0 Å². The zero-order valence-corrected chi connectivity index (χ0v) is 20.5. The number of aliphatic hydroxyl groups excluding tert-OH is 1. The highest BCUT2D eigenvalue weighted by molar-refractivity contribution is 5.94. The molecule has 3 aromatic heterocycles. The minimum atomic E-state index is -0.798. The zero-order valence-electron chi connectivity index (χ0n) is 20.5. The van der Waals surface area contributed by atoms with E-state index in [9.17, 15) is 14.7 Å². The van der Waals surface area contributed by atoms with Crippen molar-refractivity contribution in [3.8, 4) is 0 Å². The highest BCUT2D eigenvalue weighted by atomic mass is 16.3. The van der Waals surface area contributed by atoms with Crippen molar-refractivity contribution in [1.29, 1.82) is 0 Å². The summed E-state index contributed by atoms with van der Waals surface area (Å²) in [6, 6.07) is 15.8. The minimum absolute atomic E-state index is 0.0664. The van der Waals surface area contributed by atoms with E-state index in [0.717, 1.165) is 33.4 Å². The van der Waals surface area contributed by atoms with Gasteiger partial charge in [-0.05, 0) is 48.6 Å². The van der Waals surface area contributed by atoms with Crippen molar-refractivity contribution in [2.75, 3.05) is 5.32 Å². The van der Waals surface area contributed by atoms with Crippen LogP contribution in [0.3, 0.4) is 0 Å². The standard InChI is InChI=1S/C27H29N7O3/c1-32-22-6-3-2-5-20(22)31-24(32)10-11-25(35)30-19-9-8-18-12-14-33(23(18)15-19)13-4-7-26(36)34-16-21(27(28)37)29-17-34/h2-3,5-6,8-9,12,14-17,26,36H,4,7,10-11,13H2,1H3,(H2,28,37)(H,30,35). The number of nitrogens with zero attached hydrogens (tertiary/aromatic N) is 5. The van der Waals surface area contributed by atoms with E-state index >= 15 is 0 Å². The van der Waals surface area contributed by atoms with E-state index in [2.05, 4.69) is 19.9 Å². The Morgan fingerprint density at radius 1 is 1.14 bits per heavy atom. The average molecular weight is 500 g/mol. The van der Waals surface area contributed by atoms with Crippen molar-refractivity contribution in [3.05, 3.63) is 78.8 Å². The molecule has 0 aliphatic heterocycles. The number of aliphatic hydroxyl groups is 1. The van der Waals surface area contributed by atoms with Crippen LogP contribution in [0.2, 0.25) is 0 Å². The summed E-state index contributed by atoms with van der Waals surface area (Å²) in [5, 5.41) is 14.5. The fraction of sp³-hybridized carbons (Fsp3) is 0.259. The fourth-order valence-electron chi connectivity index (χ4n) is 4.54. The van der Waals surface area contributed by atoms with Gasteiger partial charge in [-0.2, -0.15) is 0 Å². The van der Waals surface area contributed by atoms with Crippen LogP contribution < -0.4 is 11.1 Å². The number of aromatic nitrogens is 5. The summed E-state index contributed by atoms with van der Waals surface area (Å²) in [6.45, 7) is 0.683. The molecule has 0 spiro atoms. The number of rotatable bonds is 10. The molecule has 0 saturated carbocycles. The maximum atomic E-state index is 12.7. The van der Waals surface area contributed by atoms with E-state index in [4.69, 9.17) is 5.73 Å². The third-order valence-corrected chi connectivity index (χ3v) is 6.57. The molecule has 0 aliphatic carbocycles. The number of anilines is 1. The molecule has 2 aromatic carbocycles. The van der Waals surface area contributed by atoms with E-state index in [1.807, 2.05) is 66.3 Å². The number of benzene rings is 2. The molecule has 3 heterocycles. The van der Waals surface area contributed by atoms with Gasteiger partial charge in [-0.1, -0.05) is 18.2 Å². The van der Waals surface area contributed by atoms with Crippen molar-refractivity contribution in [1.82, 2.24) is 23.7 Å². The number of amides is 2. The quantitative estimate of drug-likeness (QED) is 0.271. The second-order valence-corrected chi connectivity index (χ2v) is 9.10. The second kappa shape index (κ2) is 10.3. The van der Waals surface area contributed by atoms with Crippen LogP contribution in [0.4, 0.5) is 5.69 Å². The van der Waals surface area contributed by atoms with Crippen LogP contribution in [0.25, 0.3) is 21.9 Å². The summed E-state index contributed by atoms with van der Waals surface area (Å²) in [6.07, 6.45) is 6.11. The number of nitrogens with two attached hydrogens (primary N) is 1. The molecule has 1 atom stereocenters. The summed E-state index contributed by atoms with van der Waals surface area (Å²) < 4.78 is 5.61. The molecule has 5 rings (SSSR count). The van der Waals surface area contributed by atoms with Gasteiger partial charge >= 0.3 is 0 Å². The summed E-state index contributed by atoms with van der Waals surface area (Å²) >= 11 is 0. The normalized spacial score (nSPS) is 12.3. The summed E-state index contributed by atoms with van der Waals surface area (Å²) in [4.78, 5) is 32.4. The molecule has 0 fully saturated rings. The molecule has 4 N–H and O–H groups in total. The van der Waals surface area contributed by atoms with Crippen LogP contribution in [0, 0.1) is 0 Å². The Morgan fingerprint density at radius 3 is 2.76 bits per heavy atom. The molecule has 0 radical (unpaired) electrons. The molecule has 5 aromatic rings. The van der Waals surface area contributed by atoms with Crippen molar-refractivity contribution < 1.29 is 14.7 Å². The minimum Gasteiger partial charge on any atom is -0.373 e. The van der Waals surface area contributed by atoms with Crippen LogP contribution in [0.1, 0.15) is 41.8 Å². The summed E-state index contributed by atoms with van der Waals surface area (Å²) in [5.41, 5.74) is 9.06. The van der Waals surface area contributed by atoms with Gasteiger partial charge in [0, 0.05) is 44.5 Å². The first-order chi connectivity index (χ1) is 17.9. The Labute approximate surface area is 213 Å². The number of carbonyl (C=O) groups is 2. The van der Waals surface area contributed by atoms with Crippen molar-refractivity contribution in [2.24, 2.45) is 12.8 Å². The highest BCUT2D eigenvalue weighted by Crippen LogP contribution is 2.22. The van der Waals surface area contributed by atoms with Crippen LogP contribution in [-0.2, 0) is 24.8 Å². The maximum absolute atomic E-state index is 12.7. The third kappa shape index (κ3) is 5.24. The Kier molecular flexibility index (Phi) is 6.74. The average Bonchev–Trinajstić information content (AvgIpc) is 3.61. The number of para-hydroxylation sites is 2. The summed E-state index contributed by atoms with van der Waals surface area (Å²) in [5.74, 6) is 0.186. The van der Waals surface area contributed by atoms with E-state index < -0.39 is 12.1 Å². The molecular formula is C27H29N7O3. The van der Waals surface area contributed by atoms with Gasteiger partial charge in [0.15, 0.2) is 0 Å². The number of primary amides is 1. The fourth-order valence-corrected chi connectivity index (χ4v) is 4.54. The first kappa shape index (κ1) is 24.3. The molecule has 37 heavy (non-hydrogen) atoms. The van der Waals surface area contributed by atoms with E-state index in [0.29, 0.717) is 32.2 Å². The Bertz CT molecular complexity index is 1580. The number of carbonyl (C=O) groups excluding carboxylic acids is 2. The van der Waals surface area contributed by atoms with Gasteiger partial charge in [-0.15, -0.1) is 0 Å². The second-order valence-electron chi connectivity index (χ2n) is 9.10. The Balaban J connectivity index is 1.18. The molecule has 1 unspecified atom stereocenters. The monoisotopic (exact) mass is 499 g/mol. The van der Waals surface area contributed by atoms with Crippen molar-refractivity contribution in [3.63, 3.8) is 0 Å². The third-order valence-electron chi connectivity index (χ3n) is 6.57.